The first-order valence-electron chi connectivity index (χ1n) is 22.5. The van der Waals surface area contributed by atoms with Crippen LogP contribution in [0, 0.1) is 0 Å². The highest BCUT2D eigenvalue weighted by Crippen LogP contribution is 2.47. The number of ether oxygens (including phenoxy) is 2. The lowest BCUT2D eigenvalue weighted by Gasteiger charge is -2.41. The molecule has 336 valence electrons. The van der Waals surface area contributed by atoms with E-state index in [9.17, 15) is 44.6 Å². The van der Waals surface area contributed by atoms with Crippen LogP contribution >= 0.6 is 7.82 Å². The second-order valence-corrected chi connectivity index (χ2v) is 17.3. The Kier molecular flexibility index (Phi) is 32.3. The number of hydrogen-bond donors (Lipinski definition) is 6. The first-order valence-corrected chi connectivity index (χ1v) is 24.0. The smallest absolute Gasteiger partial charge is 0.462 e. The lowest BCUT2D eigenvalue weighted by atomic mass is 9.85. The number of esters is 2. The predicted octanol–water partition coefficient (Wildman–Crippen LogP) is 8.28. The van der Waals surface area contributed by atoms with E-state index in [4.69, 9.17) is 18.5 Å². The molecule has 0 saturated heterocycles. The summed E-state index contributed by atoms with van der Waals surface area (Å²) >= 11 is 0. The lowest BCUT2D eigenvalue weighted by Crippen LogP contribution is -2.64. The minimum Gasteiger partial charge on any atom is -0.462 e. The number of aliphatic hydroxyl groups excluding tert-OH is 5. The molecule has 0 aromatic heterocycles. The first kappa shape index (κ1) is 53.6. The molecule has 0 spiro atoms. The molecule has 1 saturated carbocycles. The van der Waals surface area contributed by atoms with E-state index in [0.29, 0.717) is 12.8 Å². The maximum absolute atomic E-state index is 12.8. The van der Waals surface area contributed by atoms with Gasteiger partial charge in [-0.05, 0) is 38.5 Å². The van der Waals surface area contributed by atoms with Gasteiger partial charge in [-0.25, -0.2) is 4.57 Å². The molecule has 6 atom stereocenters. The van der Waals surface area contributed by atoms with E-state index in [1.54, 1.807) is 0 Å². The molecule has 1 fully saturated rings. The van der Waals surface area contributed by atoms with Gasteiger partial charge < -0.3 is 39.9 Å². The minimum atomic E-state index is -5.11. The molecule has 1 rings (SSSR count). The molecule has 0 radical (unpaired) electrons. The predicted molar refractivity (Wildman–Crippen MR) is 221 cm³/mol. The minimum absolute atomic E-state index is 0.0955. The zero-order valence-corrected chi connectivity index (χ0v) is 36.3. The molecule has 0 amide bonds. The van der Waals surface area contributed by atoms with Crippen molar-refractivity contribution >= 4 is 19.8 Å². The third-order valence-electron chi connectivity index (χ3n) is 10.6. The third-order valence-corrected chi connectivity index (χ3v) is 11.6. The summed E-state index contributed by atoms with van der Waals surface area (Å²) in [5.41, 5.74) is 0. The van der Waals surface area contributed by atoms with E-state index < -0.39 is 75.7 Å². The quantitative estimate of drug-likeness (QED) is 0.0151. The molecule has 1 aliphatic rings. The summed E-state index contributed by atoms with van der Waals surface area (Å²) in [5.74, 6) is -1.10. The second kappa shape index (κ2) is 34.3. The molecule has 0 aromatic carbocycles. The molecule has 0 heterocycles. The number of phosphoric ester groups is 1. The van der Waals surface area contributed by atoms with Gasteiger partial charge in [0.05, 0.1) is 6.61 Å². The van der Waals surface area contributed by atoms with Crippen molar-refractivity contribution in [3.63, 3.8) is 0 Å². The normalized spacial score (nSPS) is 22.7. The van der Waals surface area contributed by atoms with Gasteiger partial charge in [0, 0.05) is 12.8 Å². The molecule has 0 bridgehead atoms. The van der Waals surface area contributed by atoms with E-state index in [1.807, 2.05) is 0 Å². The van der Waals surface area contributed by atoms with Crippen LogP contribution in [0.5, 0.6) is 0 Å². The Hall–Kier alpha value is -1.41. The van der Waals surface area contributed by atoms with E-state index >= 15 is 0 Å². The van der Waals surface area contributed by atoms with Gasteiger partial charge in [0.15, 0.2) is 6.10 Å². The maximum atomic E-state index is 12.8. The van der Waals surface area contributed by atoms with Gasteiger partial charge in [0.25, 0.3) is 0 Å². The summed E-state index contributed by atoms with van der Waals surface area (Å²) < 4.78 is 33.5. The van der Waals surface area contributed by atoms with Crippen LogP contribution in [0.1, 0.15) is 194 Å². The molecular weight excluding hydrogens is 755 g/mol. The maximum Gasteiger partial charge on any atom is 0.472 e. The molecule has 6 N–H and O–H groups in total. The van der Waals surface area contributed by atoms with Gasteiger partial charge in [-0.15, -0.1) is 0 Å². The Morgan fingerprint density at radius 3 is 1.35 bits per heavy atom. The van der Waals surface area contributed by atoms with Gasteiger partial charge >= 0.3 is 19.8 Å². The summed E-state index contributed by atoms with van der Waals surface area (Å²) in [5, 5.41) is 50.1. The van der Waals surface area contributed by atoms with Crippen LogP contribution in [0.3, 0.4) is 0 Å². The van der Waals surface area contributed by atoms with Gasteiger partial charge in [0.2, 0.25) is 0 Å². The van der Waals surface area contributed by atoms with E-state index in [1.165, 1.54) is 96.3 Å². The van der Waals surface area contributed by atoms with Crippen molar-refractivity contribution in [2.45, 2.75) is 236 Å². The average molecular weight is 837 g/mol. The number of phosphoric acid groups is 1. The molecule has 57 heavy (non-hydrogen) atoms. The number of aliphatic hydroxyl groups is 5. The van der Waals surface area contributed by atoms with E-state index in [-0.39, 0.29) is 12.8 Å². The topological polar surface area (TPSA) is 210 Å². The summed E-state index contributed by atoms with van der Waals surface area (Å²) in [6, 6.07) is 0. The molecule has 0 aliphatic heterocycles. The number of carbonyl (C=O) groups excluding carboxylic acids is 2. The van der Waals surface area contributed by atoms with Gasteiger partial charge in [0.1, 0.15) is 43.2 Å². The third kappa shape index (κ3) is 27.1. The van der Waals surface area contributed by atoms with Crippen molar-refractivity contribution in [3.8, 4) is 0 Å². The fourth-order valence-corrected chi connectivity index (χ4v) is 7.90. The van der Waals surface area contributed by atoms with Crippen molar-refractivity contribution < 1.29 is 63.1 Å². The number of carbonyl (C=O) groups is 2. The number of hydrogen-bond acceptors (Lipinski definition) is 12. The van der Waals surface area contributed by atoms with Crippen LogP contribution in [0.15, 0.2) is 12.2 Å². The molecule has 6 unspecified atom stereocenters. The van der Waals surface area contributed by atoms with Crippen molar-refractivity contribution in [3.05, 3.63) is 12.2 Å². The molecule has 13 nitrogen and oxygen atoms in total. The van der Waals surface area contributed by atoms with Crippen LogP contribution in [0.25, 0.3) is 0 Å². The van der Waals surface area contributed by atoms with Crippen LogP contribution in [0.2, 0.25) is 0 Å². The first-order chi connectivity index (χ1) is 27.4. The van der Waals surface area contributed by atoms with E-state index in [2.05, 4.69) is 26.0 Å². The van der Waals surface area contributed by atoms with Crippen molar-refractivity contribution in [2.75, 3.05) is 13.2 Å². The second-order valence-electron chi connectivity index (χ2n) is 15.9. The standard InChI is InChI=1S/C43H81O13P/c1-3-5-7-9-11-13-15-17-18-20-22-24-26-28-30-32-37(45)55-35(34-54-57(51,52)56-43-41(49)39(47)38(46)40(48)42(43)50)33-53-36(44)31-29-27-25-23-21-19-16-14-12-10-8-6-4-2/h13,15,35,38-43,46-50H,3-12,14,16-34H2,1-2H3,(H,51,52). The van der Waals surface area contributed by atoms with Crippen LogP contribution in [-0.4, -0.2) is 98.3 Å². The van der Waals surface area contributed by atoms with Gasteiger partial charge in [-0.3, -0.25) is 18.6 Å². The highest BCUT2D eigenvalue weighted by atomic mass is 31.2. The summed E-state index contributed by atoms with van der Waals surface area (Å²) in [6.07, 6.45) is 21.2. The zero-order valence-electron chi connectivity index (χ0n) is 35.4. The van der Waals surface area contributed by atoms with Gasteiger partial charge in [-0.1, -0.05) is 154 Å². The summed E-state index contributed by atoms with van der Waals surface area (Å²) in [4.78, 5) is 35.6. The molecule has 0 aromatic rings. The van der Waals surface area contributed by atoms with Crippen LogP contribution in [-0.2, 0) is 32.7 Å². The highest BCUT2D eigenvalue weighted by molar-refractivity contribution is 7.47. The zero-order chi connectivity index (χ0) is 42.2. The lowest BCUT2D eigenvalue weighted by molar-refractivity contribution is -0.220. The monoisotopic (exact) mass is 837 g/mol. The van der Waals surface area contributed by atoms with Crippen LogP contribution < -0.4 is 0 Å². The summed E-state index contributed by atoms with van der Waals surface area (Å²) in [7, 11) is -5.11. The van der Waals surface area contributed by atoms with E-state index in [0.717, 1.165) is 57.8 Å². The number of unbranched alkanes of at least 4 members (excludes halogenated alkanes) is 23. The number of allylic oxidation sites excluding steroid dienone is 2. The molecular formula is C43H81O13P. The SMILES string of the molecule is CCCCCCC=CCCCCCCCCCC(=O)OC(COC(=O)CCCCCCCCCCCCCCC)COP(=O)(O)OC1C(O)C(O)C(O)C(O)C1O. The fourth-order valence-electron chi connectivity index (χ4n) is 6.93. The van der Waals surface area contributed by atoms with Gasteiger partial charge in [-0.2, -0.15) is 0 Å². The number of rotatable bonds is 37. The summed E-state index contributed by atoms with van der Waals surface area (Å²) in [6.45, 7) is 3.28. The van der Waals surface area contributed by atoms with Crippen molar-refractivity contribution in [2.24, 2.45) is 0 Å². The Labute approximate surface area is 343 Å². The average Bonchev–Trinajstić information content (AvgIpc) is 3.19. The Bertz CT molecular complexity index is 1060. The Morgan fingerprint density at radius 1 is 0.526 bits per heavy atom. The highest BCUT2D eigenvalue weighted by Gasteiger charge is 2.51. The fraction of sp³-hybridized carbons (Fsp3) is 0.907. The van der Waals surface area contributed by atoms with Crippen molar-refractivity contribution in [1.82, 2.24) is 0 Å². The largest absolute Gasteiger partial charge is 0.472 e. The molecule has 1 aliphatic carbocycles. The van der Waals surface area contributed by atoms with Crippen LogP contribution in [0.4, 0.5) is 0 Å². The Morgan fingerprint density at radius 2 is 0.895 bits per heavy atom. The van der Waals surface area contributed by atoms with Crippen molar-refractivity contribution in [1.29, 1.82) is 0 Å². The Balaban J connectivity index is 2.47. The molecule has 14 heteroatoms.